The molecule has 1 aliphatic carbocycles. The molecular formula is C32H35NO6. The van der Waals surface area contributed by atoms with Crippen LogP contribution in [0.5, 0.6) is 11.5 Å². The molecule has 2 unspecified atom stereocenters. The maximum absolute atomic E-state index is 13.7. The van der Waals surface area contributed by atoms with E-state index >= 15 is 0 Å². The number of carbonyl (C=O) groups is 2. The minimum absolute atomic E-state index is 0.0726. The lowest BCUT2D eigenvalue weighted by Gasteiger charge is -2.40. The SMILES string of the molecule is CCCCC(C(=O)O)C1c2cc(OC)c(OC)cc2CCN1C(=O)OCC1c2ccccc2-c2ccccc21. The van der Waals surface area contributed by atoms with Gasteiger partial charge in [0.2, 0.25) is 0 Å². The van der Waals surface area contributed by atoms with Gasteiger partial charge in [-0.2, -0.15) is 0 Å². The monoisotopic (exact) mass is 529 g/mol. The lowest BCUT2D eigenvalue weighted by atomic mass is 9.82. The van der Waals surface area contributed by atoms with Crippen LogP contribution in [-0.4, -0.2) is 49.4 Å². The number of carbonyl (C=O) groups excluding carboxylic acids is 1. The summed E-state index contributed by atoms with van der Waals surface area (Å²) in [5, 5.41) is 10.3. The molecule has 7 nitrogen and oxygen atoms in total. The third-order valence-corrected chi connectivity index (χ3v) is 8.06. The third-order valence-electron chi connectivity index (χ3n) is 8.06. The molecule has 39 heavy (non-hydrogen) atoms. The molecule has 1 aliphatic heterocycles. The number of ether oxygens (including phenoxy) is 3. The average molecular weight is 530 g/mol. The van der Waals surface area contributed by atoms with E-state index in [0.29, 0.717) is 30.9 Å². The quantitative estimate of drug-likeness (QED) is 0.343. The second kappa shape index (κ2) is 11.4. The second-order valence-corrected chi connectivity index (χ2v) is 10.2. The van der Waals surface area contributed by atoms with Gasteiger partial charge in [0.25, 0.3) is 0 Å². The summed E-state index contributed by atoms with van der Waals surface area (Å²) < 4.78 is 17.0. The number of hydrogen-bond donors (Lipinski definition) is 1. The molecule has 0 bridgehead atoms. The van der Waals surface area contributed by atoms with Crippen molar-refractivity contribution in [3.8, 4) is 22.6 Å². The molecule has 0 spiro atoms. The Hall–Kier alpha value is -4.00. The molecule has 0 radical (unpaired) electrons. The van der Waals surface area contributed by atoms with Crippen LogP contribution in [0.3, 0.4) is 0 Å². The molecule has 2 aliphatic rings. The van der Waals surface area contributed by atoms with Gasteiger partial charge in [0.05, 0.1) is 26.2 Å². The lowest BCUT2D eigenvalue weighted by Crippen LogP contribution is -2.45. The highest BCUT2D eigenvalue weighted by atomic mass is 16.6. The number of fused-ring (bicyclic) bond motifs is 4. The minimum Gasteiger partial charge on any atom is -0.493 e. The van der Waals surface area contributed by atoms with E-state index < -0.39 is 24.0 Å². The molecule has 204 valence electrons. The van der Waals surface area contributed by atoms with Crippen LogP contribution >= 0.6 is 0 Å². The molecule has 0 aromatic heterocycles. The Bertz CT molecular complexity index is 1320. The van der Waals surface area contributed by atoms with Gasteiger partial charge in [-0.15, -0.1) is 0 Å². The first-order valence-corrected chi connectivity index (χ1v) is 13.6. The largest absolute Gasteiger partial charge is 0.493 e. The Morgan fingerprint density at radius 3 is 2.15 bits per heavy atom. The van der Waals surface area contributed by atoms with Crippen LogP contribution in [0.25, 0.3) is 11.1 Å². The lowest BCUT2D eigenvalue weighted by molar-refractivity contribution is -0.144. The number of aliphatic carboxylic acids is 1. The van der Waals surface area contributed by atoms with Crippen molar-refractivity contribution >= 4 is 12.1 Å². The van der Waals surface area contributed by atoms with Gasteiger partial charge in [0.15, 0.2) is 11.5 Å². The van der Waals surface area contributed by atoms with Crippen LogP contribution < -0.4 is 9.47 Å². The molecular weight excluding hydrogens is 494 g/mol. The van der Waals surface area contributed by atoms with Gasteiger partial charge in [-0.25, -0.2) is 4.79 Å². The number of rotatable bonds is 9. The molecule has 3 aromatic carbocycles. The highest BCUT2D eigenvalue weighted by molar-refractivity contribution is 5.79. The minimum atomic E-state index is -0.924. The summed E-state index contributed by atoms with van der Waals surface area (Å²) in [4.78, 5) is 27.9. The number of amides is 1. The first-order valence-electron chi connectivity index (χ1n) is 13.6. The fourth-order valence-electron chi connectivity index (χ4n) is 6.13. The highest BCUT2D eigenvalue weighted by Gasteiger charge is 2.41. The first-order chi connectivity index (χ1) is 19.0. The number of unbranched alkanes of at least 4 members (excludes halogenated alkanes) is 1. The van der Waals surface area contributed by atoms with Crippen molar-refractivity contribution < 1.29 is 28.9 Å². The zero-order chi connectivity index (χ0) is 27.5. The van der Waals surface area contributed by atoms with Gasteiger partial charge < -0.3 is 19.3 Å². The van der Waals surface area contributed by atoms with E-state index in [-0.39, 0.29) is 12.5 Å². The zero-order valence-corrected chi connectivity index (χ0v) is 22.7. The Labute approximate surface area is 229 Å². The van der Waals surface area contributed by atoms with Crippen molar-refractivity contribution in [3.63, 3.8) is 0 Å². The van der Waals surface area contributed by atoms with Crippen molar-refractivity contribution in [1.82, 2.24) is 4.90 Å². The van der Waals surface area contributed by atoms with E-state index in [1.54, 1.807) is 19.1 Å². The molecule has 0 fully saturated rings. The summed E-state index contributed by atoms with van der Waals surface area (Å²) in [6, 6.07) is 19.5. The summed E-state index contributed by atoms with van der Waals surface area (Å²) in [5.74, 6) is -0.674. The number of carboxylic acid groups (broad SMARTS) is 1. The highest BCUT2D eigenvalue weighted by Crippen LogP contribution is 2.46. The van der Waals surface area contributed by atoms with Crippen LogP contribution in [0.4, 0.5) is 4.79 Å². The van der Waals surface area contributed by atoms with Crippen molar-refractivity contribution in [1.29, 1.82) is 0 Å². The van der Waals surface area contributed by atoms with Crippen molar-refractivity contribution in [2.45, 2.75) is 44.6 Å². The molecule has 5 rings (SSSR count). The van der Waals surface area contributed by atoms with E-state index in [4.69, 9.17) is 14.2 Å². The molecule has 1 amide bonds. The van der Waals surface area contributed by atoms with Gasteiger partial charge in [-0.05, 0) is 58.4 Å². The fraction of sp³-hybridized carbons (Fsp3) is 0.375. The molecule has 1 N–H and O–H groups in total. The van der Waals surface area contributed by atoms with E-state index in [1.807, 2.05) is 43.3 Å². The molecule has 7 heteroatoms. The van der Waals surface area contributed by atoms with Gasteiger partial charge in [0.1, 0.15) is 6.61 Å². The summed E-state index contributed by atoms with van der Waals surface area (Å²) in [7, 11) is 3.13. The molecule has 3 aromatic rings. The van der Waals surface area contributed by atoms with Crippen LogP contribution in [0.2, 0.25) is 0 Å². The number of hydrogen-bond acceptors (Lipinski definition) is 5. The maximum atomic E-state index is 13.7. The molecule has 0 saturated heterocycles. The second-order valence-electron chi connectivity index (χ2n) is 10.2. The van der Waals surface area contributed by atoms with Crippen molar-refractivity contribution in [2.75, 3.05) is 27.4 Å². The van der Waals surface area contributed by atoms with Crippen molar-refractivity contribution in [2.24, 2.45) is 5.92 Å². The van der Waals surface area contributed by atoms with E-state index in [2.05, 4.69) is 24.3 Å². The summed E-state index contributed by atoms with van der Waals surface area (Å²) in [5.41, 5.74) is 6.32. The van der Waals surface area contributed by atoms with Gasteiger partial charge >= 0.3 is 12.1 Å². The molecule has 1 heterocycles. The normalized spacial score (nSPS) is 16.6. The predicted molar refractivity (Wildman–Crippen MR) is 148 cm³/mol. The van der Waals surface area contributed by atoms with Crippen LogP contribution in [-0.2, 0) is 16.0 Å². The molecule has 2 atom stereocenters. The van der Waals surface area contributed by atoms with Crippen molar-refractivity contribution in [3.05, 3.63) is 82.9 Å². The molecule has 0 saturated carbocycles. The number of nitrogens with zero attached hydrogens (tertiary/aromatic N) is 1. The van der Waals surface area contributed by atoms with Gasteiger partial charge in [-0.1, -0.05) is 68.3 Å². The number of methoxy groups -OCH3 is 2. The number of benzene rings is 3. The number of carboxylic acids is 1. The Balaban J connectivity index is 1.46. The summed E-state index contributed by atoms with van der Waals surface area (Å²) >= 11 is 0. The fourth-order valence-corrected chi connectivity index (χ4v) is 6.13. The first kappa shape index (κ1) is 26.6. The zero-order valence-electron chi connectivity index (χ0n) is 22.7. The Morgan fingerprint density at radius 1 is 0.949 bits per heavy atom. The Morgan fingerprint density at radius 2 is 1.56 bits per heavy atom. The van der Waals surface area contributed by atoms with Crippen LogP contribution in [0.15, 0.2) is 60.7 Å². The summed E-state index contributed by atoms with van der Waals surface area (Å²) in [6.07, 6.45) is 2.13. The van der Waals surface area contributed by atoms with Gasteiger partial charge in [-0.3, -0.25) is 9.69 Å². The van der Waals surface area contributed by atoms with E-state index in [1.165, 1.54) is 0 Å². The maximum Gasteiger partial charge on any atom is 0.410 e. The Kier molecular flexibility index (Phi) is 7.77. The predicted octanol–water partition coefficient (Wildman–Crippen LogP) is 6.44. The topological polar surface area (TPSA) is 85.3 Å². The summed E-state index contributed by atoms with van der Waals surface area (Å²) in [6.45, 7) is 2.58. The van der Waals surface area contributed by atoms with Gasteiger partial charge in [0, 0.05) is 12.5 Å². The van der Waals surface area contributed by atoms with E-state index in [9.17, 15) is 14.7 Å². The smallest absolute Gasteiger partial charge is 0.410 e. The standard InChI is InChI=1S/C32H35NO6/c1-4-5-10-25(31(34)35)30-26-18-29(38-3)28(37-2)17-20(26)15-16-33(30)32(36)39-19-27-23-13-8-6-11-21(23)22-12-7-9-14-24(22)27/h6-9,11-14,17-18,25,27,30H,4-5,10,15-16,19H2,1-3H3,(H,34,35). The third kappa shape index (κ3) is 4.93. The van der Waals surface area contributed by atoms with E-state index in [0.717, 1.165) is 46.2 Å². The average Bonchev–Trinajstić information content (AvgIpc) is 3.28. The van der Waals surface area contributed by atoms with Crippen LogP contribution in [0, 0.1) is 5.92 Å². The van der Waals surface area contributed by atoms with Crippen LogP contribution in [0.1, 0.15) is 60.4 Å².